The molecule has 0 radical (unpaired) electrons. The fourth-order valence-electron chi connectivity index (χ4n) is 6.45. The van der Waals surface area contributed by atoms with Gasteiger partial charge in [0, 0.05) is 54.8 Å². The minimum absolute atomic E-state index is 0.125. The maximum absolute atomic E-state index is 11.9. The van der Waals surface area contributed by atoms with Gasteiger partial charge in [-0.2, -0.15) is 15.2 Å². The molecule has 2 aliphatic heterocycles. The van der Waals surface area contributed by atoms with Crippen LogP contribution in [-0.2, 0) is 13.0 Å². The van der Waals surface area contributed by atoms with Crippen LogP contribution in [0.25, 0.3) is 10.8 Å². The highest BCUT2D eigenvalue weighted by atomic mass is 35.5. The average Bonchev–Trinajstić information content (AvgIpc) is 3.74. The molecule has 0 spiro atoms. The van der Waals surface area contributed by atoms with Gasteiger partial charge in [0.05, 0.1) is 42.4 Å². The molecule has 3 aliphatic rings. The fourth-order valence-corrected chi connectivity index (χ4v) is 6.73. The van der Waals surface area contributed by atoms with E-state index in [4.69, 9.17) is 26.3 Å². The molecule has 1 aliphatic carbocycles. The van der Waals surface area contributed by atoms with E-state index in [1.807, 2.05) is 12.1 Å². The van der Waals surface area contributed by atoms with Crippen LogP contribution in [0, 0.1) is 16.7 Å². The number of nitrogens with zero attached hydrogens (tertiary/aromatic N) is 7. The first kappa shape index (κ1) is 28.3. The highest BCUT2D eigenvalue weighted by molar-refractivity contribution is 6.36. The summed E-state index contributed by atoms with van der Waals surface area (Å²) in [7, 11) is 4.16. The molecule has 6 rings (SSSR count). The van der Waals surface area contributed by atoms with Crippen molar-refractivity contribution in [2.75, 3.05) is 63.2 Å². The first-order valence-corrected chi connectivity index (χ1v) is 14.9. The Morgan fingerprint density at radius 1 is 1.17 bits per heavy atom. The van der Waals surface area contributed by atoms with Crippen molar-refractivity contribution in [1.82, 2.24) is 19.8 Å². The van der Waals surface area contributed by atoms with Gasteiger partial charge >= 0.3 is 12.1 Å². The van der Waals surface area contributed by atoms with Crippen molar-refractivity contribution < 1.29 is 14.6 Å². The normalized spacial score (nSPS) is 19.5. The Labute approximate surface area is 251 Å². The second-order valence-corrected chi connectivity index (χ2v) is 12.4. The molecule has 0 unspecified atom stereocenters. The zero-order valence-electron chi connectivity index (χ0n) is 24.1. The first-order valence-electron chi connectivity index (χ1n) is 14.5. The number of aromatic nitrogens is 2. The van der Waals surface area contributed by atoms with Gasteiger partial charge in [0.1, 0.15) is 5.82 Å². The van der Waals surface area contributed by atoms with E-state index in [9.17, 15) is 15.2 Å². The van der Waals surface area contributed by atoms with Crippen LogP contribution in [0.2, 0.25) is 5.02 Å². The molecule has 11 heteroatoms. The largest absolute Gasteiger partial charge is 0.465 e. The van der Waals surface area contributed by atoms with Crippen molar-refractivity contribution in [1.29, 1.82) is 5.26 Å². The van der Waals surface area contributed by atoms with E-state index in [0.29, 0.717) is 38.8 Å². The van der Waals surface area contributed by atoms with Crippen LogP contribution in [0.3, 0.4) is 0 Å². The van der Waals surface area contributed by atoms with E-state index in [0.717, 1.165) is 70.9 Å². The molecule has 3 aromatic rings. The Kier molecular flexibility index (Phi) is 7.73. The summed E-state index contributed by atoms with van der Waals surface area (Å²) in [4.78, 5) is 29.7. The molecule has 42 heavy (non-hydrogen) atoms. The maximum Gasteiger partial charge on any atom is 0.407 e. The minimum Gasteiger partial charge on any atom is -0.465 e. The van der Waals surface area contributed by atoms with E-state index < -0.39 is 12.1 Å². The number of hydrogen-bond acceptors (Lipinski definition) is 8. The number of nitriles is 1. The molecule has 3 heterocycles. The predicted octanol–water partition coefficient (Wildman–Crippen LogP) is 4.65. The van der Waals surface area contributed by atoms with E-state index in [2.05, 4.69) is 59.1 Å². The van der Waals surface area contributed by atoms with Gasteiger partial charge in [-0.25, -0.2) is 4.79 Å². The Morgan fingerprint density at radius 3 is 2.67 bits per heavy atom. The lowest BCUT2D eigenvalue weighted by Crippen LogP contribution is -2.55. The monoisotopic (exact) mass is 589 g/mol. The number of benzene rings is 2. The maximum atomic E-state index is 11.9. The quantitative estimate of drug-likeness (QED) is 0.401. The van der Waals surface area contributed by atoms with E-state index in [1.54, 1.807) is 0 Å². The third-order valence-electron chi connectivity index (χ3n) is 8.67. The fraction of sp³-hybridized carbons (Fsp3) is 0.484. The van der Waals surface area contributed by atoms with E-state index in [1.165, 1.54) is 4.90 Å². The van der Waals surface area contributed by atoms with Gasteiger partial charge in [0.25, 0.3) is 0 Å². The summed E-state index contributed by atoms with van der Waals surface area (Å²) in [5.74, 6) is 0.788. The number of fused-ring (bicyclic) bond motifs is 2. The molecule has 1 atom stereocenters. The lowest BCUT2D eigenvalue weighted by Gasteiger charge is -2.41. The zero-order valence-corrected chi connectivity index (χ0v) is 24.8. The summed E-state index contributed by atoms with van der Waals surface area (Å²) in [6.07, 6.45) is 2.08. The third kappa shape index (κ3) is 5.63. The summed E-state index contributed by atoms with van der Waals surface area (Å²) in [5, 5.41) is 22.0. The van der Waals surface area contributed by atoms with Gasteiger partial charge in [0.15, 0.2) is 0 Å². The van der Waals surface area contributed by atoms with Crippen molar-refractivity contribution in [2.45, 2.75) is 38.3 Å². The first-order chi connectivity index (χ1) is 20.3. The van der Waals surface area contributed by atoms with Gasteiger partial charge in [-0.15, -0.1) is 0 Å². The van der Waals surface area contributed by atoms with Gasteiger partial charge < -0.3 is 29.4 Å². The van der Waals surface area contributed by atoms with Crippen LogP contribution in [0.4, 0.5) is 16.3 Å². The van der Waals surface area contributed by atoms with Gasteiger partial charge in [-0.3, -0.25) is 0 Å². The average molecular weight is 590 g/mol. The highest BCUT2D eigenvalue weighted by Gasteiger charge is 2.44. The summed E-state index contributed by atoms with van der Waals surface area (Å²) in [6.45, 7) is 4.04. The number of hydrogen-bond donors (Lipinski definition) is 1. The van der Waals surface area contributed by atoms with Crippen LogP contribution in [0.5, 0.6) is 6.01 Å². The predicted molar refractivity (Wildman–Crippen MR) is 162 cm³/mol. The molecular formula is C31H36ClN7O3. The van der Waals surface area contributed by atoms with Crippen LogP contribution in [0.15, 0.2) is 36.4 Å². The summed E-state index contributed by atoms with van der Waals surface area (Å²) < 4.78 is 6.32. The molecular weight excluding hydrogens is 554 g/mol. The Balaban J connectivity index is 1.34. The molecule has 1 saturated carbocycles. The second kappa shape index (κ2) is 11.5. The SMILES string of the molecule is CN(C)CC1(COc2nc3c(c(N4CCN(C(=O)O)[C@@H](CC#N)C4)n2)CCN(c2cccc4cccc(Cl)c24)C3)CC1. The number of carbonyl (C=O) groups is 1. The molecule has 0 bridgehead atoms. The highest BCUT2D eigenvalue weighted by Crippen LogP contribution is 2.46. The number of piperazine rings is 1. The van der Waals surface area contributed by atoms with Gasteiger partial charge in [-0.05, 0) is 50.9 Å². The van der Waals surface area contributed by atoms with Crippen LogP contribution in [0.1, 0.15) is 30.5 Å². The van der Waals surface area contributed by atoms with Gasteiger partial charge in [-0.1, -0.05) is 35.9 Å². The van der Waals surface area contributed by atoms with Crippen molar-refractivity contribution in [2.24, 2.45) is 5.41 Å². The number of anilines is 2. The number of ether oxygens (including phenoxy) is 1. The minimum atomic E-state index is -0.997. The number of halogens is 1. The number of carboxylic acid groups (broad SMARTS) is 1. The molecule has 1 aromatic heterocycles. The molecule has 1 saturated heterocycles. The lowest BCUT2D eigenvalue weighted by atomic mass is 10.0. The molecule has 2 aromatic carbocycles. The van der Waals surface area contributed by atoms with Crippen LogP contribution >= 0.6 is 11.6 Å². The third-order valence-corrected chi connectivity index (χ3v) is 8.98. The summed E-state index contributed by atoms with van der Waals surface area (Å²) in [5.41, 5.74) is 3.15. The zero-order chi connectivity index (χ0) is 29.4. The van der Waals surface area contributed by atoms with E-state index in [-0.39, 0.29) is 11.8 Å². The summed E-state index contributed by atoms with van der Waals surface area (Å²) in [6, 6.07) is 14.3. The standard InChI is InChI=1S/C31H36ClN7O3/c1-36(2)19-31(11-12-31)20-42-29-34-25-18-37(26-8-4-6-21-5-3-7-24(32)27(21)26)14-10-23(25)28(35-29)38-15-16-39(30(40)41)22(17-38)9-13-33/h3-8,22H,9-12,14-20H2,1-2H3,(H,40,41)/t22-/m0/s1. The van der Waals surface area contributed by atoms with Crippen molar-refractivity contribution in [3.63, 3.8) is 0 Å². The van der Waals surface area contributed by atoms with Crippen LogP contribution in [-0.4, -0.2) is 90.4 Å². The van der Waals surface area contributed by atoms with E-state index >= 15 is 0 Å². The van der Waals surface area contributed by atoms with Crippen LogP contribution < -0.4 is 14.5 Å². The Hall–Kier alpha value is -3.81. The second-order valence-electron chi connectivity index (χ2n) is 12.0. The number of amides is 1. The smallest absolute Gasteiger partial charge is 0.407 e. The number of rotatable bonds is 8. The van der Waals surface area contributed by atoms with Crippen molar-refractivity contribution in [3.8, 4) is 12.1 Å². The topological polar surface area (TPSA) is 109 Å². The molecule has 1 amide bonds. The molecule has 2 fully saturated rings. The molecule has 220 valence electrons. The summed E-state index contributed by atoms with van der Waals surface area (Å²) >= 11 is 6.68. The molecule has 1 N–H and O–H groups in total. The molecule has 10 nitrogen and oxygen atoms in total. The van der Waals surface area contributed by atoms with Gasteiger partial charge in [0.2, 0.25) is 0 Å². The van der Waals surface area contributed by atoms with Crippen molar-refractivity contribution in [3.05, 3.63) is 52.7 Å². The Morgan fingerprint density at radius 2 is 1.95 bits per heavy atom. The Bertz CT molecular complexity index is 1530. The van der Waals surface area contributed by atoms with Crippen molar-refractivity contribution >= 4 is 40.0 Å². The lowest BCUT2D eigenvalue weighted by molar-refractivity contribution is 0.119.